The van der Waals surface area contributed by atoms with Gasteiger partial charge in [0.2, 0.25) is 5.91 Å². The van der Waals surface area contributed by atoms with Crippen molar-refractivity contribution in [3.05, 3.63) is 59.0 Å². The highest BCUT2D eigenvalue weighted by atomic mass is 32.2. The zero-order valence-electron chi connectivity index (χ0n) is 11.6. The summed E-state index contributed by atoms with van der Waals surface area (Å²) >= 11 is 1.57. The van der Waals surface area contributed by atoms with Gasteiger partial charge in [-0.25, -0.2) is 0 Å². The lowest BCUT2D eigenvalue weighted by molar-refractivity contribution is -0.126. The molecular weight excluding hydrogens is 298 g/mol. The molecule has 4 rings (SSSR count). The maximum Gasteiger partial charge on any atom is 0.233 e. The first-order valence-electron chi connectivity index (χ1n) is 6.91. The number of benzene rings is 1. The Hall–Kier alpha value is -2.47. The Morgan fingerprint density at radius 2 is 2.14 bits per heavy atom. The predicted octanol–water partition coefficient (Wildman–Crippen LogP) is 3.42. The maximum atomic E-state index is 12.2. The lowest BCUT2D eigenvalue weighted by Crippen LogP contribution is -2.28. The van der Waals surface area contributed by atoms with Crippen LogP contribution in [0.1, 0.15) is 12.2 Å². The average Bonchev–Trinajstić information content (AvgIpc) is 3.22. The van der Waals surface area contributed by atoms with E-state index >= 15 is 0 Å². The molecule has 2 aliphatic rings. The molecule has 110 valence electrons. The average molecular weight is 311 g/mol. The van der Waals surface area contributed by atoms with E-state index in [0.29, 0.717) is 12.3 Å². The number of nitrogens with zero attached hydrogens (tertiary/aromatic N) is 1. The van der Waals surface area contributed by atoms with Crippen LogP contribution in [0.2, 0.25) is 0 Å². The highest BCUT2D eigenvalue weighted by molar-refractivity contribution is 8.03. The van der Waals surface area contributed by atoms with Gasteiger partial charge in [-0.3, -0.25) is 15.1 Å². The van der Waals surface area contributed by atoms with Crippen LogP contribution in [0.5, 0.6) is 0 Å². The summed E-state index contributed by atoms with van der Waals surface area (Å²) in [5, 5.41) is 12.5. The van der Waals surface area contributed by atoms with Gasteiger partial charge in [0.05, 0.1) is 29.9 Å². The number of hydrogen-bond donors (Lipinski definition) is 2. The summed E-state index contributed by atoms with van der Waals surface area (Å²) in [7, 11) is 0. The summed E-state index contributed by atoms with van der Waals surface area (Å²) in [5.74, 6) is 0.867. The molecule has 0 saturated carbocycles. The van der Waals surface area contributed by atoms with Gasteiger partial charge >= 0.3 is 0 Å². The zero-order valence-corrected chi connectivity index (χ0v) is 12.4. The highest BCUT2D eigenvalue weighted by Crippen LogP contribution is 2.43. The van der Waals surface area contributed by atoms with Gasteiger partial charge in [-0.2, -0.15) is 0 Å². The smallest absolute Gasteiger partial charge is 0.233 e. The van der Waals surface area contributed by atoms with Crippen LogP contribution in [-0.4, -0.2) is 16.6 Å². The van der Waals surface area contributed by atoms with Crippen molar-refractivity contribution in [2.24, 2.45) is 0 Å². The van der Waals surface area contributed by atoms with Crippen LogP contribution in [0.3, 0.4) is 0 Å². The third-order valence-electron chi connectivity index (χ3n) is 3.70. The Bertz CT molecular complexity index is 768. The van der Waals surface area contributed by atoms with E-state index in [1.165, 1.54) is 4.90 Å². The molecule has 0 spiro atoms. The summed E-state index contributed by atoms with van der Waals surface area (Å²) in [4.78, 5) is 14.8. The zero-order chi connectivity index (χ0) is 15.1. The van der Waals surface area contributed by atoms with Crippen LogP contribution in [0, 0.1) is 5.41 Å². The van der Waals surface area contributed by atoms with Gasteiger partial charge < -0.3 is 9.73 Å². The number of anilines is 1. The molecule has 1 fully saturated rings. The van der Waals surface area contributed by atoms with Crippen molar-refractivity contribution in [3.63, 3.8) is 0 Å². The Balaban J connectivity index is 1.61. The number of nitrogens with one attached hydrogen (secondary N) is 2. The van der Waals surface area contributed by atoms with Crippen LogP contribution >= 0.6 is 11.8 Å². The Morgan fingerprint density at radius 1 is 1.27 bits per heavy atom. The van der Waals surface area contributed by atoms with Gasteiger partial charge in [0.1, 0.15) is 11.6 Å². The minimum absolute atomic E-state index is 0.0674. The molecule has 0 atom stereocenters. The molecule has 3 heterocycles. The van der Waals surface area contributed by atoms with Gasteiger partial charge in [0, 0.05) is 10.5 Å². The first-order chi connectivity index (χ1) is 10.7. The van der Waals surface area contributed by atoms with E-state index in [9.17, 15) is 4.79 Å². The van der Waals surface area contributed by atoms with Crippen molar-refractivity contribution in [2.45, 2.75) is 17.9 Å². The summed E-state index contributed by atoms with van der Waals surface area (Å²) in [5.41, 5.74) is 1.78. The number of thioether (sulfide) groups is 1. The molecule has 1 aromatic carbocycles. The molecule has 1 saturated heterocycles. The van der Waals surface area contributed by atoms with Crippen LogP contribution in [0.4, 0.5) is 5.69 Å². The molecule has 1 aromatic heterocycles. The molecule has 6 heteroatoms. The normalized spacial score (nSPS) is 20.5. The van der Waals surface area contributed by atoms with E-state index in [0.717, 1.165) is 21.2 Å². The lowest BCUT2D eigenvalue weighted by atomic mass is 10.2. The second-order valence-electron chi connectivity index (χ2n) is 5.12. The number of para-hydroxylation sites is 1. The molecule has 0 radical (unpaired) electrons. The molecular formula is C16H13N3O2S. The molecule has 1 amide bonds. The van der Waals surface area contributed by atoms with Gasteiger partial charge in [0.15, 0.2) is 0 Å². The predicted molar refractivity (Wildman–Crippen MR) is 84.5 cm³/mol. The van der Waals surface area contributed by atoms with Crippen molar-refractivity contribution in [3.8, 4) is 0 Å². The monoisotopic (exact) mass is 311 g/mol. The fourth-order valence-corrected chi connectivity index (χ4v) is 3.63. The van der Waals surface area contributed by atoms with E-state index in [1.807, 2.05) is 30.3 Å². The molecule has 2 N–H and O–H groups in total. The SMILES string of the molecule is N=C1/C(=C2/Nc3ccccc3S2)CC(=O)N1Cc1ccco1. The first kappa shape index (κ1) is 13.2. The molecule has 0 bridgehead atoms. The van der Waals surface area contributed by atoms with Gasteiger partial charge in [-0.05, 0) is 24.3 Å². The number of amidine groups is 1. The third-order valence-corrected chi connectivity index (χ3v) is 4.83. The number of carbonyl (C=O) groups excluding carboxylic acids is 1. The molecule has 2 aliphatic heterocycles. The van der Waals surface area contributed by atoms with Crippen molar-refractivity contribution in [2.75, 3.05) is 5.32 Å². The largest absolute Gasteiger partial charge is 0.467 e. The van der Waals surface area contributed by atoms with Crippen molar-refractivity contribution in [1.82, 2.24) is 4.90 Å². The molecule has 0 aliphatic carbocycles. The van der Waals surface area contributed by atoms with Crippen LogP contribution in [0.15, 0.2) is 62.6 Å². The van der Waals surface area contributed by atoms with Crippen molar-refractivity contribution < 1.29 is 9.21 Å². The fraction of sp³-hybridized carbons (Fsp3) is 0.125. The number of carbonyl (C=O) groups is 1. The molecule has 22 heavy (non-hydrogen) atoms. The van der Waals surface area contributed by atoms with E-state index in [2.05, 4.69) is 5.32 Å². The van der Waals surface area contributed by atoms with Crippen molar-refractivity contribution >= 4 is 29.2 Å². The lowest BCUT2D eigenvalue weighted by Gasteiger charge is -2.14. The van der Waals surface area contributed by atoms with Crippen molar-refractivity contribution in [1.29, 1.82) is 5.41 Å². The topological polar surface area (TPSA) is 69.3 Å². The van der Waals surface area contributed by atoms with E-state index in [-0.39, 0.29) is 18.2 Å². The third kappa shape index (κ3) is 2.12. The van der Waals surface area contributed by atoms with Gasteiger partial charge in [-0.15, -0.1) is 0 Å². The maximum absolute atomic E-state index is 12.2. The second-order valence-corrected chi connectivity index (χ2v) is 6.17. The van der Waals surface area contributed by atoms with Crippen LogP contribution in [0.25, 0.3) is 0 Å². The van der Waals surface area contributed by atoms with E-state index in [1.54, 1.807) is 24.1 Å². The number of fused-ring (bicyclic) bond motifs is 1. The highest BCUT2D eigenvalue weighted by Gasteiger charge is 2.35. The van der Waals surface area contributed by atoms with Crippen LogP contribution < -0.4 is 5.32 Å². The summed E-state index contributed by atoms with van der Waals surface area (Å²) < 4.78 is 5.28. The van der Waals surface area contributed by atoms with E-state index < -0.39 is 0 Å². The summed E-state index contributed by atoms with van der Waals surface area (Å²) in [6, 6.07) is 11.6. The summed E-state index contributed by atoms with van der Waals surface area (Å²) in [6.07, 6.45) is 1.83. The first-order valence-corrected chi connectivity index (χ1v) is 7.73. The fourth-order valence-electron chi connectivity index (χ4n) is 2.59. The number of rotatable bonds is 2. The number of amides is 1. The van der Waals surface area contributed by atoms with Gasteiger partial charge in [-0.1, -0.05) is 23.9 Å². The summed E-state index contributed by atoms with van der Waals surface area (Å²) in [6.45, 7) is 0.305. The minimum atomic E-state index is -0.0674. The molecule has 2 aromatic rings. The Kier molecular flexibility index (Phi) is 3.04. The van der Waals surface area contributed by atoms with E-state index in [4.69, 9.17) is 9.83 Å². The van der Waals surface area contributed by atoms with Gasteiger partial charge in [0.25, 0.3) is 0 Å². The standard InChI is InChI=1S/C16H13N3O2S/c17-15-11(16-18-12-5-1-2-6-13(12)22-16)8-14(20)19(15)9-10-4-3-7-21-10/h1-7,17-18H,8-9H2/b16-11-,17-15?. The van der Waals surface area contributed by atoms with Crippen LogP contribution in [-0.2, 0) is 11.3 Å². The minimum Gasteiger partial charge on any atom is -0.467 e. The quantitative estimate of drug-likeness (QED) is 0.891. The number of hydrogen-bond acceptors (Lipinski definition) is 5. The number of furan rings is 1. The number of likely N-dealkylation sites (tertiary alicyclic amines) is 1. The molecule has 5 nitrogen and oxygen atoms in total. The Labute approximate surface area is 131 Å². The Morgan fingerprint density at radius 3 is 2.91 bits per heavy atom. The molecule has 0 unspecified atom stereocenters. The second kappa shape index (κ2) is 5.06.